The Hall–Kier alpha value is -0.800. The van der Waals surface area contributed by atoms with Gasteiger partial charge in [0.05, 0.1) is 12.3 Å². The van der Waals surface area contributed by atoms with Gasteiger partial charge in [-0.2, -0.15) is 0 Å². The zero-order valence-corrected chi connectivity index (χ0v) is 10.3. The van der Waals surface area contributed by atoms with Gasteiger partial charge in [-0.1, -0.05) is 6.92 Å². The molecule has 0 spiro atoms. The molecule has 2 atom stereocenters. The molecule has 1 aliphatic heterocycles. The summed E-state index contributed by atoms with van der Waals surface area (Å²) in [5, 5.41) is 3.48. The molecule has 0 bridgehead atoms. The fraction of sp³-hybridized carbons (Fsp3) is 0.692. The minimum absolute atomic E-state index is 0.399. The molecular weight excluding hydrogens is 200 g/mol. The van der Waals surface area contributed by atoms with E-state index in [4.69, 9.17) is 4.42 Å². The fourth-order valence-electron chi connectivity index (χ4n) is 2.37. The maximum Gasteiger partial charge on any atom is 0.120 e. The van der Waals surface area contributed by atoms with Gasteiger partial charge in [-0.15, -0.1) is 0 Å². The van der Waals surface area contributed by atoms with Gasteiger partial charge in [-0.3, -0.25) is 4.90 Å². The molecule has 0 radical (unpaired) electrons. The second-order valence-electron chi connectivity index (χ2n) is 4.85. The van der Waals surface area contributed by atoms with Crippen molar-refractivity contribution >= 4 is 0 Å². The molecule has 1 saturated heterocycles. The van der Waals surface area contributed by atoms with E-state index in [1.54, 1.807) is 6.26 Å². The average molecular weight is 222 g/mol. The molecule has 1 fully saturated rings. The third-order valence-corrected chi connectivity index (χ3v) is 3.34. The van der Waals surface area contributed by atoms with Crippen LogP contribution in [0.4, 0.5) is 0 Å². The van der Waals surface area contributed by atoms with Crippen LogP contribution in [0, 0.1) is 5.92 Å². The predicted molar refractivity (Wildman–Crippen MR) is 65.3 cm³/mol. The molecule has 0 aliphatic carbocycles. The van der Waals surface area contributed by atoms with Crippen LogP contribution >= 0.6 is 0 Å². The number of furan rings is 1. The number of hydrogen-bond donors (Lipinski definition) is 1. The van der Waals surface area contributed by atoms with Gasteiger partial charge >= 0.3 is 0 Å². The van der Waals surface area contributed by atoms with Gasteiger partial charge in [0, 0.05) is 13.1 Å². The van der Waals surface area contributed by atoms with E-state index in [9.17, 15) is 0 Å². The summed E-state index contributed by atoms with van der Waals surface area (Å²) in [5.41, 5.74) is 0. The van der Waals surface area contributed by atoms with Crippen LogP contribution in [0.25, 0.3) is 0 Å². The molecule has 0 amide bonds. The minimum atomic E-state index is 0.399. The topological polar surface area (TPSA) is 28.4 Å². The lowest BCUT2D eigenvalue weighted by molar-refractivity contribution is 0.151. The van der Waals surface area contributed by atoms with E-state index in [1.165, 1.54) is 6.42 Å². The molecule has 1 aliphatic rings. The first-order chi connectivity index (χ1) is 7.77. The number of nitrogens with zero attached hydrogens (tertiary/aromatic N) is 1. The summed E-state index contributed by atoms with van der Waals surface area (Å²) in [7, 11) is 0. The highest BCUT2D eigenvalue weighted by Crippen LogP contribution is 2.22. The van der Waals surface area contributed by atoms with E-state index in [-0.39, 0.29) is 0 Å². The lowest BCUT2D eigenvalue weighted by Gasteiger charge is -2.32. The Labute approximate surface area is 97.8 Å². The van der Waals surface area contributed by atoms with Crippen LogP contribution in [0.15, 0.2) is 22.8 Å². The van der Waals surface area contributed by atoms with Crippen LogP contribution in [-0.2, 0) is 0 Å². The van der Waals surface area contributed by atoms with Crippen LogP contribution in [0.5, 0.6) is 0 Å². The van der Waals surface area contributed by atoms with Crippen molar-refractivity contribution in [2.24, 2.45) is 5.92 Å². The van der Waals surface area contributed by atoms with Crippen molar-refractivity contribution in [2.75, 3.05) is 26.2 Å². The van der Waals surface area contributed by atoms with Crippen LogP contribution in [0.3, 0.4) is 0 Å². The van der Waals surface area contributed by atoms with Crippen molar-refractivity contribution in [3.63, 3.8) is 0 Å². The summed E-state index contributed by atoms with van der Waals surface area (Å²) in [6.07, 6.45) is 2.98. The molecule has 3 nitrogen and oxygen atoms in total. The highest BCUT2D eigenvalue weighted by atomic mass is 16.3. The summed E-state index contributed by atoms with van der Waals surface area (Å²) in [4.78, 5) is 2.53. The lowest BCUT2D eigenvalue weighted by atomic mass is 10.1. The summed E-state index contributed by atoms with van der Waals surface area (Å²) in [6, 6.07) is 4.45. The molecule has 3 heteroatoms. The Balaban J connectivity index is 2.00. The highest BCUT2D eigenvalue weighted by molar-refractivity contribution is 5.03. The first kappa shape index (κ1) is 11.7. The number of hydrogen-bond acceptors (Lipinski definition) is 3. The SMILES string of the molecule is CC1CNCCCN(C(C)c2ccco2)C1. The highest BCUT2D eigenvalue weighted by Gasteiger charge is 2.20. The maximum absolute atomic E-state index is 5.50. The summed E-state index contributed by atoms with van der Waals surface area (Å²) in [5.74, 6) is 1.79. The van der Waals surface area contributed by atoms with Gasteiger partial charge in [0.2, 0.25) is 0 Å². The van der Waals surface area contributed by atoms with Gasteiger partial charge in [0.25, 0.3) is 0 Å². The summed E-state index contributed by atoms with van der Waals surface area (Å²) >= 11 is 0. The Kier molecular flexibility index (Phi) is 4.02. The van der Waals surface area contributed by atoms with Crippen molar-refractivity contribution in [2.45, 2.75) is 26.3 Å². The Morgan fingerprint density at radius 3 is 3.19 bits per heavy atom. The smallest absolute Gasteiger partial charge is 0.120 e. The average Bonchev–Trinajstić information content (AvgIpc) is 2.75. The van der Waals surface area contributed by atoms with Crippen molar-refractivity contribution in [3.05, 3.63) is 24.2 Å². The molecule has 16 heavy (non-hydrogen) atoms. The van der Waals surface area contributed by atoms with E-state index >= 15 is 0 Å². The third kappa shape index (κ3) is 2.86. The standard InChI is InChI=1S/C13H22N2O/c1-11-9-14-6-4-7-15(10-11)12(2)13-5-3-8-16-13/h3,5,8,11-12,14H,4,6-7,9-10H2,1-2H3. The molecule has 2 unspecified atom stereocenters. The second kappa shape index (κ2) is 5.51. The van der Waals surface area contributed by atoms with Crippen LogP contribution in [-0.4, -0.2) is 31.1 Å². The zero-order valence-electron chi connectivity index (χ0n) is 10.3. The molecule has 0 saturated carbocycles. The lowest BCUT2D eigenvalue weighted by Crippen LogP contribution is -2.39. The fourth-order valence-corrected chi connectivity index (χ4v) is 2.37. The largest absolute Gasteiger partial charge is 0.468 e. The zero-order chi connectivity index (χ0) is 11.4. The van der Waals surface area contributed by atoms with Gasteiger partial charge in [0.1, 0.15) is 5.76 Å². The molecule has 90 valence electrons. The van der Waals surface area contributed by atoms with Crippen molar-refractivity contribution in [3.8, 4) is 0 Å². The normalized spacial score (nSPS) is 26.0. The van der Waals surface area contributed by atoms with Crippen LogP contribution in [0.1, 0.15) is 32.1 Å². The van der Waals surface area contributed by atoms with Crippen molar-refractivity contribution in [1.29, 1.82) is 0 Å². The first-order valence-electron chi connectivity index (χ1n) is 6.25. The van der Waals surface area contributed by atoms with E-state index < -0.39 is 0 Å². The Morgan fingerprint density at radius 2 is 2.44 bits per heavy atom. The van der Waals surface area contributed by atoms with Crippen LogP contribution < -0.4 is 5.32 Å². The summed E-state index contributed by atoms with van der Waals surface area (Å²) < 4.78 is 5.50. The molecule has 1 aromatic heterocycles. The van der Waals surface area contributed by atoms with Gasteiger partial charge in [0.15, 0.2) is 0 Å². The molecule has 1 aromatic rings. The third-order valence-electron chi connectivity index (χ3n) is 3.34. The monoisotopic (exact) mass is 222 g/mol. The van der Waals surface area contributed by atoms with Crippen LogP contribution in [0.2, 0.25) is 0 Å². The van der Waals surface area contributed by atoms with Gasteiger partial charge < -0.3 is 9.73 Å². The second-order valence-corrected chi connectivity index (χ2v) is 4.85. The Bertz CT molecular complexity index is 297. The molecule has 1 N–H and O–H groups in total. The number of rotatable bonds is 2. The van der Waals surface area contributed by atoms with E-state index in [1.807, 2.05) is 6.07 Å². The van der Waals surface area contributed by atoms with Crippen molar-refractivity contribution < 1.29 is 4.42 Å². The van der Waals surface area contributed by atoms with Gasteiger partial charge in [-0.25, -0.2) is 0 Å². The minimum Gasteiger partial charge on any atom is -0.468 e. The molecule has 0 aromatic carbocycles. The predicted octanol–water partition coefficient (Wildman–Crippen LogP) is 2.27. The molecule has 2 heterocycles. The Morgan fingerprint density at radius 1 is 1.56 bits per heavy atom. The van der Waals surface area contributed by atoms with E-state index in [0.717, 1.165) is 31.9 Å². The quantitative estimate of drug-likeness (QED) is 0.832. The van der Waals surface area contributed by atoms with Gasteiger partial charge in [-0.05, 0) is 44.5 Å². The molecule has 2 rings (SSSR count). The molecular formula is C13H22N2O. The maximum atomic E-state index is 5.50. The summed E-state index contributed by atoms with van der Waals surface area (Å²) in [6.45, 7) is 9.10. The van der Waals surface area contributed by atoms with Crippen molar-refractivity contribution in [1.82, 2.24) is 10.2 Å². The van der Waals surface area contributed by atoms with E-state index in [0.29, 0.717) is 12.0 Å². The number of nitrogens with one attached hydrogen (secondary N) is 1. The van der Waals surface area contributed by atoms with E-state index in [2.05, 4.69) is 30.1 Å². The first-order valence-corrected chi connectivity index (χ1v) is 6.25.